The minimum absolute atomic E-state index is 0.0545. The van der Waals surface area contributed by atoms with Gasteiger partial charge in [-0.2, -0.15) is 110 Å². The van der Waals surface area contributed by atoms with Crippen molar-refractivity contribution < 1.29 is 129 Å². The first-order valence-corrected chi connectivity index (χ1v) is 13.7. The van der Waals surface area contributed by atoms with Crippen molar-refractivity contribution in [3.63, 3.8) is 0 Å². The number of benzene rings is 1. The Morgan fingerprint density at radius 2 is 0.818 bits per heavy atom. The van der Waals surface area contributed by atoms with Gasteiger partial charge < -0.3 is 9.47 Å². The molecule has 0 aliphatic heterocycles. The van der Waals surface area contributed by atoms with Gasteiger partial charge in [-0.05, 0) is 38.0 Å². The van der Waals surface area contributed by atoms with Gasteiger partial charge in [0.15, 0.2) is 0 Å². The van der Waals surface area contributed by atoms with Crippen LogP contribution in [0.5, 0.6) is 5.75 Å². The number of rotatable bonds is 18. The van der Waals surface area contributed by atoms with Crippen LogP contribution in [0, 0.1) is 5.41 Å². The number of carbonyl (C=O) groups is 1. The average Bonchev–Trinajstić information content (AvgIpc) is 2.99. The molecule has 0 N–H and O–H groups in total. The first-order valence-electron chi connectivity index (χ1n) is 13.7. The molecule has 0 saturated carbocycles. The number of alkyl halides is 25. The van der Waals surface area contributed by atoms with E-state index >= 15 is 0 Å². The molecule has 0 aliphatic carbocycles. The van der Waals surface area contributed by atoms with Gasteiger partial charge in [0.1, 0.15) is 5.75 Å². The molecule has 1 rings (SSSR count). The molecule has 0 saturated heterocycles. The molecule has 0 radical (unpaired) electrons. The smallest absolute Gasteiger partial charge is 0.465 e. The minimum atomic E-state index is -9.11. The van der Waals surface area contributed by atoms with Gasteiger partial charge in [-0.3, -0.25) is 4.79 Å². The van der Waals surface area contributed by atoms with Gasteiger partial charge in [0.2, 0.25) is 0 Å². The molecule has 55 heavy (non-hydrogen) atoms. The van der Waals surface area contributed by atoms with Gasteiger partial charge in [-0.25, -0.2) is 4.74 Å². The Morgan fingerprint density at radius 1 is 0.491 bits per heavy atom. The van der Waals surface area contributed by atoms with E-state index in [1.54, 1.807) is 6.92 Å². The van der Waals surface area contributed by atoms with Crippen molar-refractivity contribution in [2.75, 3.05) is 6.61 Å². The molecule has 0 spiro atoms. The summed E-state index contributed by atoms with van der Waals surface area (Å²) >= 11 is 0. The fourth-order valence-corrected chi connectivity index (χ4v) is 3.34. The molecule has 0 amide bonds. The van der Waals surface area contributed by atoms with Crippen LogP contribution in [-0.4, -0.2) is 84.5 Å². The molecule has 0 atom stereocenters. The summed E-state index contributed by atoms with van der Waals surface area (Å²) in [6.45, 7) is 4.10. The van der Waals surface area contributed by atoms with E-state index in [9.17, 15) is 115 Å². The zero-order valence-corrected chi connectivity index (χ0v) is 26.5. The second-order valence-electron chi connectivity index (χ2n) is 11.6. The molecular weight excluding hydrogens is 851 g/mol. The van der Waals surface area contributed by atoms with Crippen LogP contribution in [-0.2, 0) is 20.7 Å². The van der Waals surface area contributed by atoms with E-state index in [0.717, 1.165) is 4.74 Å². The van der Waals surface area contributed by atoms with Crippen molar-refractivity contribution in [2.24, 2.45) is 5.41 Å². The molecule has 0 fully saturated rings. The van der Waals surface area contributed by atoms with E-state index in [0.29, 0.717) is 18.6 Å². The molecule has 4 nitrogen and oxygen atoms in total. The van der Waals surface area contributed by atoms with E-state index in [2.05, 4.69) is 4.74 Å². The van der Waals surface area contributed by atoms with Gasteiger partial charge in [0.25, 0.3) is 0 Å². The summed E-state index contributed by atoms with van der Waals surface area (Å²) in [5, 5.41) is 0. The minimum Gasteiger partial charge on any atom is -0.465 e. The highest BCUT2D eigenvalue weighted by atomic mass is 19.4. The molecule has 1 aromatic carbocycles. The SMILES string of the molecule is CCC(C)(C)C(=O)OCCc1ccc(OC(F)(F)C(F)(F)C(F)(F)C(F)(F)C(F)(F)C(F)(F)OC(F)(F)C(F)(F)C(F)(F)C(F)(F)C(F)(F)C(F)(F)F)cc1. The average molecular weight is 870 g/mol. The number of ether oxygens (including phenoxy) is 3. The maximum Gasteiger partial charge on any atom is 0.471 e. The molecule has 1 aromatic rings. The Balaban J connectivity index is 3.46. The molecule has 0 aliphatic rings. The Bertz CT molecular complexity index is 1500. The van der Waals surface area contributed by atoms with Crippen LogP contribution < -0.4 is 4.74 Å². The topological polar surface area (TPSA) is 44.8 Å². The van der Waals surface area contributed by atoms with Crippen molar-refractivity contribution >= 4 is 5.97 Å². The van der Waals surface area contributed by atoms with Crippen molar-refractivity contribution in [3.8, 4) is 5.75 Å². The van der Waals surface area contributed by atoms with Crippen molar-refractivity contribution in [1.29, 1.82) is 0 Å². The maximum atomic E-state index is 14.2. The number of hydrogen-bond acceptors (Lipinski definition) is 4. The highest BCUT2D eigenvalue weighted by molar-refractivity contribution is 5.75. The third-order valence-electron chi connectivity index (χ3n) is 7.30. The number of esters is 1. The van der Waals surface area contributed by atoms with Gasteiger partial charge >= 0.3 is 77.9 Å². The number of hydrogen-bond donors (Lipinski definition) is 0. The zero-order chi connectivity index (χ0) is 44.3. The lowest BCUT2D eigenvalue weighted by molar-refractivity contribution is -0.529. The van der Waals surface area contributed by atoms with E-state index in [4.69, 9.17) is 4.74 Å². The van der Waals surface area contributed by atoms with Crippen LogP contribution in [0.1, 0.15) is 32.8 Å². The van der Waals surface area contributed by atoms with E-state index in [1.807, 2.05) is 0 Å². The molecule has 0 heterocycles. The standard InChI is InChI=1S/C26H19F25O4/c1-4-14(2,3)13(52)53-10-9-11-5-7-12(8-6-11)54-24(46,47)20(37,38)17(31,32)18(33,34)22(41,42)26(50,51)55-25(48,49)21(39,40)16(29,30)15(27,28)19(35,36)23(43,44)45/h5-8H,4,9-10H2,1-3H3. The van der Waals surface area contributed by atoms with Crippen LogP contribution in [0.15, 0.2) is 24.3 Å². The summed E-state index contributed by atoms with van der Waals surface area (Å²) in [6, 6.07) is 1.58. The fraction of sp³-hybridized carbons (Fsp3) is 0.731. The van der Waals surface area contributed by atoms with E-state index < -0.39 is 95.6 Å². The lowest BCUT2D eigenvalue weighted by Gasteiger charge is -2.42. The molecule has 0 aromatic heterocycles. The summed E-state index contributed by atoms with van der Waals surface area (Å²) in [6.07, 6.45) is -33.1. The second-order valence-corrected chi connectivity index (χ2v) is 11.6. The van der Waals surface area contributed by atoms with Crippen LogP contribution in [0.4, 0.5) is 110 Å². The maximum absolute atomic E-state index is 14.2. The monoisotopic (exact) mass is 870 g/mol. The first-order chi connectivity index (χ1) is 23.8. The predicted molar refractivity (Wildman–Crippen MR) is 127 cm³/mol. The third-order valence-corrected chi connectivity index (χ3v) is 7.30. The van der Waals surface area contributed by atoms with E-state index in [1.165, 1.54) is 13.8 Å². The normalized spacial score (nSPS) is 15.6. The predicted octanol–water partition coefficient (Wildman–Crippen LogP) is 11.0. The summed E-state index contributed by atoms with van der Waals surface area (Å²) in [7, 11) is 0. The molecule has 322 valence electrons. The first kappa shape index (κ1) is 49.7. The van der Waals surface area contributed by atoms with Crippen LogP contribution in [0.3, 0.4) is 0 Å². The van der Waals surface area contributed by atoms with Crippen LogP contribution in [0.2, 0.25) is 0 Å². The second kappa shape index (κ2) is 14.3. The lowest BCUT2D eigenvalue weighted by Crippen LogP contribution is -2.74. The molecular formula is C26H19F25O4. The van der Waals surface area contributed by atoms with Crippen molar-refractivity contribution in [1.82, 2.24) is 0 Å². The molecule has 0 bridgehead atoms. The Labute approximate surface area is 288 Å². The number of carbonyl (C=O) groups excluding carboxylic acids is 1. The molecule has 0 unspecified atom stereocenters. The highest BCUT2D eigenvalue weighted by Crippen LogP contribution is 2.64. The summed E-state index contributed by atoms with van der Waals surface area (Å²) in [5.41, 5.74) is -1.04. The molecule has 29 heteroatoms. The zero-order valence-electron chi connectivity index (χ0n) is 26.5. The van der Waals surface area contributed by atoms with E-state index in [-0.39, 0.29) is 24.1 Å². The van der Waals surface area contributed by atoms with Crippen molar-refractivity contribution in [2.45, 2.75) is 105 Å². The van der Waals surface area contributed by atoms with Gasteiger partial charge in [-0.1, -0.05) is 19.1 Å². The van der Waals surface area contributed by atoms with Crippen LogP contribution in [0.25, 0.3) is 0 Å². The summed E-state index contributed by atoms with van der Waals surface area (Å²) in [4.78, 5) is 11.9. The van der Waals surface area contributed by atoms with Gasteiger partial charge in [-0.15, -0.1) is 0 Å². The lowest BCUT2D eigenvalue weighted by atomic mass is 9.91. The number of halogens is 25. The fourth-order valence-electron chi connectivity index (χ4n) is 3.34. The summed E-state index contributed by atoms with van der Waals surface area (Å²) < 4.78 is 347. The largest absolute Gasteiger partial charge is 0.471 e. The Kier molecular flexibility index (Phi) is 12.9. The van der Waals surface area contributed by atoms with Crippen molar-refractivity contribution in [3.05, 3.63) is 29.8 Å². The third kappa shape index (κ3) is 7.99. The van der Waals surface area contributed by atoms with Crippen LogP contribution >= 0.6 is 0 Å². The van der Waals surface area contributed by atoms with Gasteiger partial charge in [0, 0.05) is 6.42 Å². The summed E-state index contributed by atoms with van der Waals surface area (Å²) in [5.74, 6) is -73.3. The quantitative estimate of drug-likeness (QED) is 0.109. The van der Waals surface area contributed by atoms with Gasteiger partial charge in [0.05, 0.1) is 12.0 Å². The Morgan fingerprint density at radius 3 is 1.15 bits per heavy atom. The highest BCUT2D eigenvalue weighted by Gasteiger charge is 2.95. The Hall–Kier alpha value is -3.30.